The van der Waals surface area contributed by atoms with Gasteiger partial charge in [-0.3, -0.25) is 0 Å². The number of halogens is 1. The molecule has 5 heteroatoms. The standard InChI is InChI=1S/C14H20ClNO2S/c1-10(3-4-16)19-9-11-7-12(15)14-13(8-11)17-5-2-6-18-14/h7-8,10H,2-6,9,16H2,1H3. The molecule has 1 aliphatic rings. The van der Waals surface area contributed by atoms with E-state index >= 15 is 0 Å². The number of ether oxygens (including phenoxy) is 2. The quantitative estimate of drug-likeness (QED) is 0.904. The molecule has 0 spiro atoms. The first-order valence-corrected chi connectivity index (χ1v) is 8.03. The summed E-state index contributed by atoms with van der Waals surface area (Å²) in [5.74, 6) is 2.37. The monoisotopic (exact) mass is 301 g/mol. The highest BCUT2D eigenvalue weighted by atomic mass is 35.5. The molecule has 1 unspecified atom stereocenters. The summed E-state index contributed by atoms with van der Waals surface area (Å²) in [5, 5.41) is 1.20. The SMILES string of the molecule is CC(CCN)SCc1cc(Cl)c2c(c1)OCCCO2. The zero-order valence-corrected chi connectivity index (χ0v) is 12.7. The largest absolute Gasteiger partial charge is 0.489 e. The normalized spacial score (nSPS) is 15.9. The second-order valence-electron chi connectivity index (χ2n) is 4.65. The maximum Gasteiger partial charge on any atom is 0.179 e. The molecular weight excluding hydrogens is 282 g/mol. The Bertz CT molecular complexity index is 428. The molecule has 0 radical (unpaired) electrons. The zero-order chi connectivity index (χ0) is 13.7. The molecule has 106 valence electrons. The molecule has 0 aromatic heterocycles. The van der Waals surface area contributed by atoms with Crippen molar-refractivity contribution in [2.24, 2.45) is 5.73 Å². The van der Waals surface area contributed by atoms with Gasteiger partial charge in [0.25, 0.3) is 0 Å². The van der Waals surface area contributed by atoms with Crippen LogP contribution >= 0.6 is 23.4 Å². The van der Waals surface area contributed by atoms with E-state index in [9.17, 15) is 0 Å². The summed E-state index contributed by atoms with van der Waals surface area (Å²) in [4.78, 5) is 0. The molecule has 3 nitrogen and oxygen atoms in total. The molecule has 0 bridgehead atoms. The van der Waals surface area contributed by atoms with Crippen molar-refractivity contribution >= 4 is 23.4 Å². The van der Waals surface area contributed by atoms with Crippen molar-refractivity contribution in [1.29, 1.82) is 0 Å². The molecule has 0 aliphatic carbocycles. The van der Waals surface area contributed by atoms with E-state index in [-0.39, 0.29) is 0 Å². The van der Waals surface area contributed by atoms with Crippen LogP contribution in [0.3, 0.4) is 0 Å². The van der Waals surface area contributed by atoms with Gasteiger partial charge < -0.3 is 15.2 Å². The smallest absolute Gasteiger partial charge is 0.179 e. The topological polar surface area (TPSA) is 44.5 Å². The van der Waals surface area contributed by atoms with Crippen LogP contribution in [0.2, 0.25) is 5.02 Å². The second kappa shape index (κ2) is 7.27. The third-order valence-corrected chi connectivity index (χ3v) is 4.56. The minimum absolute atomic E-state index is 0.555. The number of thioether (sulfide) groups is 1. The Balaban J connectivity index is 2.06. The Kier molecular flexibility index (Phi) is 5.67. The van der Waals surface area contributed by atoms with Gasteiger partial charge in [-0.1, -0.05) is 18.5 Å². The van der Waals surface area contributed by atoms with Crippen LogP contribution in [0.4, 0.5) is 0 Å². The number of fused-ring (bicyclic) bond motifs is 1. The third kappa shape index (κ3) is 4.20. The lowest BCUT2D eigenvalue weighted by Gasteiger charge is -2.13. The van der Waals surface area contributed by atoms with E-state index < -0.39 is 0 Å². The summed E-state index contributed by atoms with van der Waals surface area (Å²) in [7, 11) is 0. The highest BCUT2D eigenvalue weighted by Crippen LogP contribution is 2.39. The van der Waals surface area contributed by atoms with Gasteiger partial charge in [0.1, 0.15) is 0 Å². The van der Waals surface area contributed by atoms with Crippen LogP contribution in [0, 0.1) is 0 Å². The maximum absolute atomic E-state index is 6.26. The summed E-state index contributed by atoms with van der Waals surface area (Å²) in [6, 6.07) is 4.01. The van der Waals surface area contributed by atoms with E-state index in [1.54, 1.807) is 0 Å². The van der Waals surface area contributed by atoms with Crippen molar-refractivity contribution in [3.05, 3.63) is 22.7 Å². The van der Waals surface area contributed by atoms with Gasteiger partial charge in [-0.05, 0) is 30.7 Å². The second-order valence-corrected chi connectivity index (χ2v) is 6.49. The van der Waals surface area contributed by atoms with Gasteiger partial charge >= 0.3 is 0 Å². The Morgan fingerprint density at radius 2 is 2.16 bits per heavy atom. The van der Waals surface area contributed by atoms with Gasteiger partial charge in [0.05, 0.1) is 18.2 Å². The van der Waals surface area contributed by atoms with Crippen LogP contribution in [0.25, 0.3) is 0 Å². The zero-order valence-electron chi connectivity index (χ0n) is 11.2. The van der Waals surface area contributed by atoms with Gasteiger partial charge in [-0.15, -0.1) is 0 Å². The van der Waals surface area contributed by atoms with Crippen LogP contribution in [-0.2, 0) is 5.75 Å². The summed E-state index contributed by atoms with van der Waals surface area (Å²) < 4.78 is 11.3. The molecule has 0 saturated heterocycles. The molecule has 1 heterocycles. The molecule has 1 aliphatic heterocycles. The Morgan fingerprint density at radius 1 is 1.37 bits per heavy atom. The van der Waals surface area contributed by atoms with Crippen molar-refractivity contribution in [3.8, 4) is 11.5 Å². The lowest BCUT2D eigenvalue weighted by atomic mass is 10.2. The van der Waals surface area contributed by atoms with E-state index in [4.69, 9.17) is 26.8 Å². The number of hydrogen-bond acceptors (Lipinski definition) is 4. The van der Waals surface area contributed by atoms with Crippen molar-refractivity contribution in [2.45, 2.75) is 30.8 Å². The fourth-order valence-corrected chi connectivity index (χ4v) is 3.16. The van der Waals surface area contributed by atoms with E-state index in [1.165, 1.54) is 5.56 Å². The number of benzene rings is 1. The number of nitrogens with two attached hydrogens (primary N) is 1. The minimum atomic E-state index is 0.555. The molecule has 0 saturated carbocycles. The van der Waals surface area contributed by atoms with Crippen molar-refractivity contribution in [1.82, 2.24) is 0 Å². The predicted molar refractivity (Wildman–Crippen MR) is 81.5 cm³/mol. The molecule has 19 heavy (non-hydrogen) atoms. The van der Waals surface area contributed by atoms with Gasteiger partial charge in [0.2, 0.25) is 0 Å². The fraction of sp³-hybridized carbons (Fsp3) is 0.571. The average Bonchev–Trinajstić information content (AvgIpc) is 2.62. The third-order valence-electron chi connectivity index (χ3n) is 2.97. The molecule has 0 fully saturated rings. The van der Waals surface area contributed by atoms with Crippen LogP contribution in [0.5, 0.6) is 11.5 Å². The maximum atomic E-state index is 6.26. The predicted octanol–water partition coefficient (Wildman–Crippen LogP) is 3.47. The molecular formula is C14H20ClNO2S. The molecule has 1 aromatic rings. The van der Waals surface area contributed by atoms with Crippen LogP contribution < -0.4 is 15.2 Å². The summed E-state index contributed by atoms with van der Waals surface area (Å²) in [5.41, 5.74) is 6.73. The first-order valence-electron chi connectivity index (χ1n) is 6.60. The molecule has 1 atom stereocenters. The first kappa shape index (κ1) is 14.8. The van der Waals surface area contributed by atoms with Crippen molar-refractivity contribution in [3.63, 3.8) is 0 Å². The van der Waals surface area contributed by atoms with Crippen molar-refractivity contribution in [2.75, 3.05) is 19.8 Å². The van der Waals surface area contributed by atoms with Gasteiger partial charge in [0.15, 0.2) is 11.5 Å². The fourth-order valence-electron chi connectivity index (χ4n) is 1.92. The minimum Gasteiger partial charge on any atom is -0.489 e. The first-order chi connectivity index (χ1) is 9.20. The van der Waals surface area contributed by atoms with E-state index in [0.717, 1.165) is 30.9 Å². The van der Waals surface area contributed by atoms with Crippen molar-refractivity contribution < 1.29 is 9.47 Å². The van der Waals surface area contributed by atoms with Gasteiger partial charge in [0, 0.05) is 17.4 Å². The summed E-state index contributed by atoms with van der Waals surface area (Å²) >= 11 is 8.15. The molecule has 2 rings (SSSR count). The average molecular weight is 302 g/mol. The van der Waals surface area contributed by atoms with Crippen LogP contribution in [-0.4, -0.2) is 25.0 Å². The van der Waals surface area contributed by atoms with Crippen LogP contribution in [0.1, 0.15) is 25.3 Å². The van der Waals surface area contributed by atoms with E-state index in [2.05, 4.69) is 6.92 Å². The highest BCUT2D eigenvalue weighted by Gasteiger charge is 2.15. The Morgan fingerprint density at radius 3 is 2.95 bits per heavy atom. The molecule has 2 N–H and O–H groups in total. The molecule has 0 amide bonds. The van der Waals surface area contributed by atoms with E-state index in [0.29, 0.717) is 29.2 Å². The molecule has 1 aromatic carbocycles. The van der Waals surface area contributed by atoms with Gasteiger partial charge in [-0.2, -0.15) is 11.8 Å². The summed E-state index contributed by atoms with van der Waals surface area (Å²) in [6.07, 6.45) is 1.92. The Hall–Kier alpha value is -0.580. The van der Waals surface area contributed by atoms with Gasteiger partial charge in [-0.25, -0.2) is 0 Å². The lowest BCUT2D eigenvalue weighted by molar-refractivity contribution is 0.297. The van der Waals surface area contributed by atoms with Crippen LogP contribution in [0.15, 0.2) is 12.1 Å². The number of hydrogen-bond donors (Lipinski definition) is 1. The highest BCUT2D eigenvalue weighted by molar-refractivity contribution is 7.99. The van der Waals surface area contributed by atoms with E-state index in [1.807, 2.05) is 23.9 Å². The summed E-state index contributed by atoms with van der Waals surface area (Å²) in [6.45, 7) is 4.27. The number of rotatable bonds is 5. The Labute approximate surface area is 123 Å². The lowest BCUT2D eigenvalue weighted by Crippen LogP contribution is -2.07.